The van der Waals surface area contributed by atoms with E-state index in [-0.39, 0.29) is 0 Å². The van der Waals surface area contributed by atoms with Crippen LogP contribution in [0, 0.1) is 0 Å². The molecule has 92 valence electrons. The minimum absolute atomic E-state index is 0.711. The minimum Gasteiger partial charge on any atom is -0.493 e. The molecule has 0 saturated carbocycles. The lowest BCUT2D eigenvalue weighted by Gasteiger charge is -2.17. The van der Waals surface area contributed by atoms with Crippen LogP contribution in [0.25, 0.3) is 0 Å². The van der Waals surface area contributed by atoms with Crippen LogP contribution in [0.1, 0.15) is 12.8 Å². The minimum atomic E-state index is 0.711. The Morgan fingerprint density at radius 2 is 1.94 bits per heavy atom. The maximum absolute atomic E-state index is 5.62. The van der Waals surface area contributed by atoms with E-state index in [4.69, 9.17) is 17.0 Å². The van der Waals surface area contributed by atoms with Gasteiger partial charge in [-0.2, -0.15) is 0 Å². The van der Waals surface area contributed by atoms with Gasteiger partial charge in [0.15, 0.2) is 0 Å². The van der Waals surface area contributed by atoms with Crippen LogP contribution >= 0.6 is 24.0 Å². The molecule has 17 heavy (non-hydrogen) atoms. The zero-order chi connectivity index (χ0) is 11.9. The summed E-state index contributed by atoms with van der Waals surface area (Å²) in [6.07, 6.45) is 2.56. The molecule has 0 amide bonds. The average molecular weight is 267 g/mol. The molecule has 1 fully saturated rings. The summed E-state index contributed by atoms with van der Waals surface area (Å²) in [4.78, 5) is 2.29. The van der Waals surface area contributed by atoms with Gasteiger partial charge in [-0.25, -0.2) is 0 Å². The SMILES string of the molecule is S=C(SCCOc1ccccc1)N1CCCC1. The molecule has 0 N–H and O–H groups in total. The van der Waals surface area contributed by atoms with Crippen LogP contribution < -0.4 is 4.74 Å². The lowest BCUT2D eigenvalue weighted by molar-refractivity contribution is 0.344. The molecule has 0 radical (unpaired) electrons. The number of hydrogen-bond donors (Lipinski definition) is 0. The van der Waals surface area contributed by atoms with E-state index < -0.39 is 0 Å². The number of ether oxygens (including phenoxy) is 1. The van der Waals surface area contributed by atoms with Gasteiger partial charge in [-0.1, -0.05) is 42.2 Å². The van der Waals surface area contributed by atoms with Gasteiger partial charge in [0.2, 0.25) is 0 Å². The van der Waals surface area contributed by atoms with Crippen LogP contribution in [-0.4, -0.2) is 34.7 Å². The molecule has 1 saturated heterocycles. The van der Waals surface area contributed by atoms with Crippen molar-refractivity contribution in [2.75, 3.05) is 25.4 Å². The number of nitrogens with zero attached hydrogens (tertiary/aromatic N) is 1. The maximum Gasteiger partial charge on any atom is 0.136 e. The van der Waals surface area contributed by atoms with Crippen molar-refractivity contribution in [3.63, 3.8) is 0 Å². The molecule has 1 aliphatic heterocycles. The molecule has 0 aliphatic carbocycles. The van der Waals surface area contributed by atoms with Crippen molar-refractivity contribution in [3.8, 4) is 5.75 Å². The molecular formula is C13H17NOS2. The second kappa shape index (κ2) is 6.87. The third-order valence-electron chi connectivity index (χ3n) is 2.69. The van der Waals surface area contributed by atoms with Crippen LogP contribution in [-0.2, 0) is 0 Å². The van der Waals surface area contributed by atoms with Crippen LogP contribution in [0.5, 0.6) is 5.75 Å². The van der Waals surface area contributed by atoms with E-state index >= 15 is 0 Å². The highest BCUT2D eigenvalue weighted by Gasteiger charge is 2.14. The molecule has 0 bridgehead atoms. The zero-order valence-electron chi connectivity index (χ0n) is 9.80. The van der Waals surface area contributed by atoms with Gasteiger partial charge in [0, 0.05) is 18.8 Å². The van der Waals surface area contributed by atoms with Crippen molar-refractivity contribution in [1.29, 1.82) is 0 Å². The normalized spacial score (nSPS) is 14.9. The Morgan fingerprint density at radius 1 is 1.24 bits per heavy atom. The van der Waals surface area contributed by atoms with E-state index in [1.165, 1.54) is 12.8 Å². The molecule has 1 aromatic rings. The van der Waals surface area contributed by atoms with Gasteiger partial charge in [0.1, 0.15) is 10.1 Å². The molecular weight excluding hydrogens is 250 g/mol. The summed E-state index contributed by atoms with van der Waals surface area (Å²) in [5.41, 5.74) is 0. The van der Waals surface area contributed by atoms with Crippen molar-refractivity contribution in [3.05, 3.63) is 30.3 Å². The molecule has 2 rings (SSSR count). The van der Waals surface area contributed by atoms with Gasteiger partial charge in [0.25, 0.3) is 0 Å². The lowest BCUT2D eigenvalue weighted by Crippen LogP contribution is -2.24. The molecule has 1 heterocycles. The Balaban J connectivity index is 1.61. The predicted molar refractivity (Wildman–Crippen MR) is 77.8 cm³/mol. The van der Waals surface area contributed by atoms with Gasteiger partial charge >= 0.3 is 0 Å². The largest absolute Gasteiger partial charge is 0.493 e. The quantitative estimate of drug-likeness (QED) is 0.613. The van der Waals surface area contributed by atoms with Crippen molar-refractivity contribution >= 4 is 28.3 Å². The summed E-state index contributed by atoms with van der Waals surface area (Å²) in [7, 11) is 0. The van der Waals surface area contributed by atoms with Gasteiger partial charge in [-0.3, -0.25) is 0 Å². The van der Waals surface area contributed by atoms with Crippen LogP contribution in [0.3, 0.4) is 0 Å². The van der Waals surface area contributed by atoms with Crippen LogP contribution in [0.15, 0.2) is 30.3 Å². The molecule has 0 spiro atoms. The van der Waals surface area contributed by atoms with Gasteiger partial charge in [-0.15, -0.1) is 0 Å². The summed E-state index contributed by atoms with van der Waals surface area (Å²) < 4.78 is 6.65. The summed E-state index contributed by atoms with van der Waals surface area (Å²) in [6.45, 7) is 2.97. The van der Waals surface area contributed by atoms with Crippen molar-refractivity contribution in [1.82, 2.24) is 4.90 Å². The Kier molecular flexibility index (Phi) is 5.13. The van der Waals surface area contributed by atoms with Crippen LogP contribution in [0.4, 0.5) is 0 Å². The van der Waals surface area contributed by atoms with Crippen molar-refractivity contribution in [2.45, 2.75) is 12.8 Å². The smallest absolute Gasteiger partial charge is 0.136 e. The molecule has 0 unspecified atom stereocenters. The predicted octanol–water partition coefficient (Wildman–Crippen LogP) is 3.18. The summed E-state index contributed by atoms with van der Waals surface area (Å²) in [5.74, 6) is 1.85. The first-order valence-electron chi connectivity index (χ1n) is 5.96. The van der Waals surface area contributed by atoms with Crippen molar-refractivity contribution in [2.24, 2.45) is 0 Å². The topological polar surface area (TPSA) is 12.5 Å². The lowest BCUT2D eigenvalue weighted by atomic mass is 10.3. The molecule has 2 nitrogen and oxygen atoms in total. The fraction of sp³-hybridized carbons (Fsp3) is 0.462. The Hall–Kier alpha value is -0.740. The monoisotopic (exact) mass is 267 g/mol. The summed E-state index contributed by atoms with van der Waals surface area (Å²) >= 11 is 7.10. The number of hydrogen-bond acceptors (Lipinski definition) is 3. The third kappa shape index (κ3) is 4.21. The maximum atomic E-state index is 5.62. The fourth-order valence-corrected chi connectivity index (χ4v) is 2.94. The number of thiocarbonyl (C=S) groups is 1. The summed E-state index contributed by atoms with van der Waals surface area (Å²) in [5, 5.41) is 0. The number of thioether (sulfide) groups is 1. The highest BCUT2D eigenvalue weighted by atomic mass is 32.2. The first kappa shape index (κ1) is 12.7. The first-order valence-corrected chi connectivity index (χ1v) is 7.35. The highest BCUT2D eigenvalue weighted by Crippen LogP contribution is 2.16. The average Bonchev–Trinajstić information content (AvgIpc) is 2.89. The van der Waals surface area contributed by atoms with E-state index in [2.05, 4.69) is 4.90 Å². The second-order valence-electron chi connectivity index (χ2n) is 3.97. The standard InChI is InChI=1S/C13H17NOS2/c16-13(14-8-4-5-9-14)17-11-10-15-12-6-2-1-3-7-12/h1-3,6-7H,4-5,8-11H2. The third-order valence-corrected chi connectivity index (χ3v) is 4.17. The first-order chi connectivity index (χ1) is 8.36. The van der Waals surface area contributed by atoms with E-state index in [0.717, 1.165) is 28.9 Å². The van der Waals surface area contributed by atoms with E-state index in [1.54, 1.807) is 11.8 Å². The Morgan fingerprint density at radius 3 is 2.65 bits per heavy atom. The highest BCUT2D eigenvalue weighted by molar-refractivity contribution is 8.22. The Bertz CT molecular complexity index is 350. The number of para-hydroxylation sites is 1. The molecule has 0 aromatic heterocycles. The molecule has 0 atom stereocenters. The Labute approximate surface area is 112 Å². The fourth-order valence-electron chi connectivity index (χ4n) is 1.80. The van der Waals surface area contributed by atoms with E-state index in [9.17, 15) is 0 Å². The van der Waals surface area contributed by atoms with Crippen molar-refractivity contribution < 1.29 is 4.74 Å². The van der Waals surface area contributed by atoms with E-state index in [0.29, 0.717) is 6.61 Å². The summed E-state index contributed by atoms with van der Waals surface area (Å²) in [6, 6.07) is 9.91. The number of likely N-dealkylation sites (tertiary alicyclic amines) is 1. The molecule has 1 aliphatic rings. The van der Waals surface area contributed by atoms with E-state index in [1.807, 2.05) is 30.3 Å². The molecule has 4 heteroatoms. The second-order valence-corrected chi connectivity index (χ2v) is 5.70. The van der Waals surface area contributed by atoms with Gasteiger partial charge in [0.05, 0.1) is 6.61 Å². The molecule has 1 aromatic carbocycles. The zero-order valence-corrected chi connectivity index (χ0v) is 11.4. The van der Waals surface area contributed by atoms with Gasteiger partial charge < -0.3 is 9.64 Å². The number of rotatable bonds is 4. The number of benzene rings is 1. The van der Waals surface area contributed by atoms with Gasteiger partial charge in [-0.05, 0) is 25.0 Å². The van der Waals surface area contributed by atoms with Crippen LogP contribution in [0.2, 0.25) is 0 Å².